The Hall–Kier alpha value is -0.580. The number of ether oxygens (including phenoxy) is 1. The monoisotopic (exact) mass is 337 g/mol. The predicted molar refractivity (Wildman–Crippen MR) is 80.9 cm³/mol. The molecular weight excluding hydrogens is 318 g/mol. The van der Waals surface area contributed by atoms with Crippen molar-refractivity contribution in [1.82, 2.24) is 4.90 Å². The number of hydrogen-bond acceptors (Lipinski definition) is 3. The standard InChI is InChI=1S/C16H20BrNO2/c17-11-3-4-13-14(19)10-16(20-15(13)8-11)5-7-18-6-1-2-12(18)9-16/h3-4,8,12,14,19H,1-2,5-7,9-10H2/t12?,14-,16?/m0/s1. The zero-order valence-electron chi connectivity index (χ0n) is 11.5. The molecule has 3 nitrogen and oxygen atoms in total. The Kier molecular flexibility index (Phi) is 3.09. The smallest absolute Gasteiger partial charge is 0.127 e. The molecule has 0 amide bonds. The van der Waals surface area contributed by atoms with Gasteiger partial charge in [-0.3, -0.25) is 0 Å². The molecule has 0 bridgehead atoms. The SMILES string of the molecule is O[C@H]1CC2(CCN3CCCC3C2)Oc2cc(Br)ccc21. The lowest BCUT2D eigenvalue weighted by Gasteiger charge is -2.47. The molecular formula is C16H20BrNO2. The normalized spacial score (nSPS) is 36.5. The summed E-state index contributed by atoms with van der Waals surface area (Å²) < 4.78 is 7.42. The first kappa shape index (κ1) is 13.1. The van der Waals surface area contributed by atoms with E-state index in [4.69, 9.17) is 4.74 Å². The Bertz CT molecular complexity index is 535. The molecule has 2 unspecified atom stereocenters. The molecule has 0 radical (unpaired) electrons. The quantitative estimate of drug-likeness (QED) is 0.788. The van der Waals surface area contributed by atoms with Gasteiger partial charge in [-0.15, -0.1) is 0 Å². The van der Waals surface area contributed by atoms with Crippen LogP contribution >= 0.6 is 15.9 Å². The third kappa shape index (κ3) is 2.09. The van der Waals surface area contributed by atoms with E-state index >= 15 is 0 Å². The molecule has 1 aromatic rings. The summed E-state index contributed by atoms with van der Waals surface area (Å²) in [4.78, 5) is 2.59. The Morgan fingerprint density at radius 1 is 1.30 bits per heavy atom. The third-order valence-corrected chi connectivity index (χ3v) is 5.68. The fraction of sp³-hybridized carbons (Fsp3) is 0.625. The van der Waals surface area contributed by atoms with Gasteiger partial charge in [0.25, 0.3) is 0 Å². The van der Waals surface area contributed by atoms with Crippen LogP contribution in [0.2, 0.25) is 0 Å². The van der Waals surface area contributed by atoms with Crippen LogP contribution in [0.25, 0.3) is 0 Å². The van der Waals surface area contributed by atoms with E-state index < -0.39 is 0 Å². The van der Waals surface area contributed by atoms with Gasteiger partial charge in [0.1, 0.15) is 11.4 Å². The molecule has 108 valence electrons. The summed E-state index contributed by atoms with van der Waals surface area (Å²) in [6, 6.07) is 6.61. The van der Waals surface area contributed by atoms with Crippen LogP contribution in [0.3, 0.4) is 0 Å². The van der Waals surface area contributed by atoms with E-state index in [9.17, 15) is 5.11 Å². The van der Waals surface area contributed by atoms with E-state index in [1.807, 2.05) is 18.2 Å². The first-order valence-electron chi connectivity index (χ1n) is 7.56. The molecule has 0 aromatic heterocycles. The second-order valence-corrected chi connectivity index (χ2v) is 7.39. The molecule has 2 fully saturated rings. The van der Waals surface area contributed by atoms with E-state index in [1.165, 1.54) is 19.4 Å². The van der Waals surface area contributed by atoms with Crippen LogP contribution in [-0.2, 0) is 0 Å². The predicted octanol–water partition coefficient (Wildman–Crippen LogP) is 3.26. The van der Waals surface area contributed by atoms with Crippen LogP contribution in [0.4, 0.5) is 0 Å². The molecule has 3 heterocycles. The molecule has 3 atom stereocenters. The van der Waals surface area contributed by atoms with Gasteiger partial charge in [-0.2, -0.15) is 0 Å². The van der Waals surface area contributed by atoms with Crippen molar-refractivity contribution in [2.24, 2.45) is 0 Å². The summed E-state index contributed by atoms with van der Waals surface area (Å²) in [6.45, 7) is 2.35. The van der Waals surface area contributed by atoms with Crippen molar-refractivity contribution >= 4 is 15.9 Å². The molecule has 0 saturated carbocycles. The topological polar surface area (TPSA) is 32.7 Å². The van der Waals surface area contributed by atoms with E-state index in [0.717, 1.165) is 41.6 Å². The number of halogens is 1. The zero-order chi connectivity index (χ0) is 13.7. The number of aliphatic hydroxyl groups excluding tert-OH is 1. The van der Waals surface area contributed by atoms with Crippen LogP contribution < -0.4 is 4.74 Å². The van der Waals surface area contributed by atoms with Gasteiger partial charge in [0.05, 0.1) is 6.10 Å². The lowest BCUT2D eigenvalue weighted by molar-refractivity contribution is -0.0646. The summed E-state index contributed by atoms with van der Waals surface area (Å²) in [5.74, 6) is 0.865. The van der Waals surface area contributed by atoms with Gasteiger partial charge in [-0.05, 0) is 37.9 Å². The van der Waals surface area contributed by atoms with Gasteiger partial charge in [-0.25, -0.2) is 0 Å². The van der Waals surface area contributed by atoms with Crippen molar-refractivity contribution in [1.29, 1.82) is 0 Å². The average molecular weight is 338 g/mol. The average Bonchev–Trinajstić information content (AvgIpc) is 2.85. The molecule has 1 aromatic carbocycles. The second kappa shape index (κ2) is 4.72. The van der Waals surface area contributed by atoms with Crippen molar-refractivity contribution in [3.63, 3.8) is 0 Å². The van der Waals surface area contributed by atoms with E-state index in [0.29, 0.717) is 6.04 Å². The van der Waals surface area contributed by atoms with E-state index in [1.54, 1.807) is 0 Å². The minimum atomic E-state index is -0.389. The van der Waals surface area contributed by atoms with Crippen LogP contribution in [0, 0.1) is 0 Å². The van der Waals surface area contributed by atoms with E-state index in [2.05, 4.69) is 20.8 Å². The molecule has 0 aliphatic carbocycles. The summed E-state index contributed by atoms with van der Waals surface area (Å²) in [7, 11) is 0. The number of nitrogens with zero attached hydrogens (tertiary/aromatic N) is 1. The van der Waals surface area contributed by atoms with Crippen molar-refractivity contribution in [2.45, 2.75) is 49.9 Å². The highest BCUT2D eigenvalue weighted by Gasteiger charge is 2.47. The van der Waals surface area contributed by atoms with Gasteiger partial charge in [-0.1, -0.05) is 22.0 Å². The van der Waals surface area contributed by atoms with Gasteiger partial charge >= 0.3 is 0 Å². The number of benzene rings is 1. The van der Waals surface area contributed by atoms with Crippen molar-refractivity contribution in [3.8, 4) is 5.75 Å². The molecule has 20 heavy (non-hydrogen) atoms. The van der Waals surface area contributed by atoms with Gasteiger partial charge in [0, 0.05) is 35.5 Å². The number of hydrogen-bond donors (Lipinski definition) is 1. The number of piperidine rings is 1. The minimum absolute atomic E-state index is 0.154. The van der Waals surface area contributed by atoms with Crippen LogP contribution in [0.1, 0.15) is 43.8 Å². The molecule has 3 aliphatic rings. The minimum Gasteiger partial charge on any atom is -0.487 e. The number of rotatable bonds is 0. The molecule has 1 spiro atoms. The highest BCUT2D eigenvalue weighted by atomic mass is 79.9. The van der Waals surface area contributed by atoms with E-state index in [-0.39, 0.29) is 11.7 Å². The van der Waals surface area contributed by atoms with Crippen molar-refractivity contribution in [3.05, 3.63) is 28.2 Å². The first-order chi connectivity index (χ1) is 9.65. The molecule has 1 N–H and O–H groups in total. The summed E-state index contributed by atoms with van der Waals surface area (Å²) in [5.41, 5.74) is 0.784. The largest absolute Gasteiger partial charge is 0.487 e. The Morgan fingerprint density at radius 2 is 2.20 bits per heavy atom. The van der Waals surface area contributed by atoms with Crippen LogP contribution in [-0.4, -0.2) is 34.7 Å². The maximum Gasteiger partial charge on any atom is 0.127 e. The first-order valence-corrected chi connectivity index (χ1v) is 8.35. The maximum absolute atomic E-state index is 10.5. The molecule has 3 aliphatic heterocycles. The van der Waals surface area contributed by atoms with Crippen LogP contribution in [0.5, 0.6) is 5.75 Å². The molecule has 4 heteroatoms. The Labute approximate surface area is 128 Å². The van der Waals surface area contributed by atoms with Gasteiger partial charge in [0.15, 0.2) is 0 Å². The fourth-order valence-corrected chi connectivity index (χ4v) is 4.53. The molecule has 2 saturated heterocycles. The van der Waals surface area contributed by atoms with Gasteiger partial charge < -0.3 is 14.7 Å². The summed E-state index contributed by atoms with van der Waals surface area (Å²) in [5, 5.41) is 10.5. The third-order valence-electron chi connectivity index (χ3n) is 5.19. The maximum atomic E-state index is 10.5. The fourth-order valence-electron chi connectivity index (χ4n) is 4.19. The second-order valence-electron chi connectivity index (χ2n) is 6.47. The van der Waals surface area contributed by atoms with Gasteiger partial charge in [0.2, 0.25) is 0 Å². The molecule has 4 rings (SSSR count). The van der Waals surface area contributed by atoms with Crippen LogP contribution in [0.15, 0.2) is 22.7 Å². The number of fused-ring (bicyclic) bond motifs is 2. The summed E-state index contributed by atoms with van der Waals surface area (Å²) >= 11 is 3.50. The Morgan fingerprint density at radius 3 is 3.10 bits per heavy atom. The Balaban J connectivity index is 1.64. The lowest BCUT2D eigenvalue weighted by atomic mass is 9.79. The van der Waals surface area contributed by atoms with Crippen molar-refractivity contribution < 1.29 is 9.84 Å². The highest BCUT2D eigenvalue weighted by Crippen LogP contribution is 2.47. The number of aliphatic hydroxyl groups is 1. The zero-order valence-corrected chi connectivity index (χ0v) is 13.1. The summed E-state index contributed by atoms with van der Waals surface area (Å²) in [6.07, 6.45) is 5.05. The highest BCUT2D eigenvalue weighted by molar-refractivity contribution is 9.10. The van der Waals surface area contributed by atoms with Crippen molar-refractivity contribution in [2.75, 3.05) is 13.1 Å². The lowest BCUT2D eigenvalue weighted by Crippen LogP contribution is -2.52.